The van der Waals surface area contributed by atoms with Gasteiger partial charge in [-0.05, 0) is 12.0 Å². The SMILES string of the molecule is CCCCCCCCCCOC(=O)C[N+](C)(C)CCC(O)c1ccccc1.[Br-]. The molecule has 1 aromatic rings. The highest BCUT2D eigenvalue weighted by Crippen LogP contribution is 2.17. The summed E-state index contributed by atoms with van der Waals surface area (Å²) in [6, 6.07) is 9.67. The number of nitrogens with zero attached hydrogens (tertiary/aromatic N) is 1. The topological polar surface area (TPSA) is 46.5 Å². The van der Waals surface area contributed by atoms with Crippen molar-refractivity contribution in [2.24, 2.45) is 0 Å². The van der Waals surface area contributed by atoms with Gasteiger partial charge in [0.25, 0.3) is 0 Å². The van der Waals surface area contributed by atoms with Gasteiger partial charge in [-0.2, -0.15) is 0 Å². The third-order valence-electron chi connectivity index (χ3n) is 5.01. The number of carbonyl (C=O) groups is 1. The molecule has 0 aliphatic carbocycles. The zero-order valence-corrected chi connectivity index (χ0v) is 19.6. The summed E-state index contributed by atoms with van der Waals surface area (Å²) in [5.41, 5.74) is 0.926. The van der Waals surface area contributed by atoms with E-state index in [4.69, 9.17) is 4.74 Å². The summed E-state index contributed by atoms with van der Waals surface area (Å²) in [6.07, 6.45) is 10.1. The second kappa shape index (κ2) is 15.9. The molecular formula is C23H40BrNO3. The first-order chi connectivity index (χ1) is 12.9. The van der Waals surface area contributed by atoms with E-state index in [2.05, 4.69) is 6.92 Å². The van der Waals surface area contributed by atoms with Crippen molar-refractivity contribution in [3.8, 4) is 0 Å². The maximum atomic E-state index is 12.1. The molecule has 0 aliphatic rings. The normalized spacial score (nSPS) is 12.3. The van der Waals surface area contributed by atoms with Crippen LogP contribution in [0.4, 0.5) is 0 Å². The third-order valence-corrected chi connectivity index (χ3v) is 5.01. The molecule has 0 aromatic heterocycles. The molecule has 0 fully saturated rings. The standard InChI is InChI=1S/C23H40NO3.BrH/c1-4-5-6-7-8-9-10-14-19-27-23(26)20-24(2,3)18-17-22(25)21-15-12-11-13-16-21;/h11-13,15-16,22,25H,4-10,14,17-20H2,1-3H3;1H/q+1;/p-1. The fraction of sp³-hybridized carbons (Fsp3) is 0.696. The smallest absolute Gasteiger partial charge is 0.361 e. The Morgan fingerprint density at radius 1 is 1.00 bits per heavy atom. The number of rotatable bonds is 15. The molecule has 0 radical (unpaired) electrons. The number of halogens is 1. The van der Waals surface area contributed by atoms with Crippen LogP contribution in [0.15, 0.2) is 30.3 Å². The largest absolute Gasteiger partial charge is 1.00 e. The number of esters is 1. The lowest BCUT2D eigenvalue weighted by atomic mass is 10.1. The molecule has 0 heterocycles. The molecule has 5 heteroatoms. The molecule has 0 bridgehead atoms. The van der Waals surface area contributed by atoms with E-state index >= 15 is 0 Å². The van der Waals surface area contributed by atoms with Crippen LogP contribution in [0.1, 0.15) is 76.4 Å². The Bertz CT molecular complexity index is 508. The van der Waals surface area contributed by atoms with Crippen LogP contribution in [0.25, 0.3) is 0 Å². The minimum atomic E-state index is -0.489. The minimum Gasteiger partial charge on any atom is -1.00 e. The van der Waals surface area contributed by atoms with Crippen LogP contribution in [0.5, 0.6) is 0 Å². The van der Waals surface area contributed by atoms with Crippen molar-refractivity contribution in [3.63, 3.8) is 0 Å². The van der Waals surface area contributed by atoms with Gasteiger partial charge >= 0.3 is 5.97 Å². The number of aliphatic hydroxyl groups is 1. The Morgan fingerprint density at radius 2 is 1.57 bits per heavy atom. The molecule has 1 atom stereocenters. The number of unbranched alkanes of at least 4 members (excludes halogenated alkanes) is 7. The summed E-state index contributed by atoms with van der Waals surface area (Å²) in [5, 5.41) is 10.3. The number of ether oxygens (including phenoxy) is 1. The van der Waals surface area contributed by atoms with Gasteiger partial charge in [0.15, 0.2) is 6.54 Å². The Kier molecular flexibility index (Phi) is 15.4. The van der Waals surface area contributed by atoms with Crippen molar-refractivity contribution in [2.75, 3.05) is 33.8 Å². The summed E-state index contributed by atoms with van der Waals surface area (Å²) in [6.45, 7) is 3.83. The van der Waals surface area contributed by atoms with Crippen molar-refractivity contribution >= 4 is 5.97 Å². The predicted octanol–water partition coefficient (Wildman–Crippen LogP) is 1.87. The van der Waals surface area contributed by atoms with Crippen molar-refractivity contribution in [2.45, 2.75) is 70.8 Å². The van der Waals surface area contributed by atoms with E-state index < -0.39 is 6.10 Å². The van der Waals surface area contributed by atoms with Crippen LogP contribution in [0, 0.1) is 0 Å². The lowest BCUT2D eigenvalue weighted by Crippen LogP contribution is -3.00. The van der Waals surface area contributed by atoms with Gasteiger partial charge in [0.05, 0.1) is 33.4 Å². The lowest BCUT2D eigenvalue weighted by Gasteiger charge is -2.29. The minimum absolute atomic E-state index is 0. The number of quaternary nitrogens is 1. The lowest BCUT2D eigenvalue weighted by molar-refractivity contribution is -0.883. The van der Waals surface area contributed by atoms with Crippen molar-refractivity contribution in [1.29, 1.82) is 0 Å². The number of hydrogen-bond donors (Lipinski definition) is 1. The molecule has 162 valence electrons. The summed E-state index contributed by atoms with van der Waals surface area (Å²) in [5.74, 6) is -0.142. The molecule has 0 saturated carbocycles. The average Bonchev–Trinajstić information content (AvgIpc) is 2.65. The molecule has 28 heavy (non-hydrogen) atoms. The second-order valence-corrected chi connectivity index (χ2v) is 8.23. The maximum Gasteiger partial charge on any atom is 0.361 e. The molecule has 0 amide bonds. The molecule has 0 saturated heterocycles. The van der Waals surface area contributed by atoms with E-state index in [-0.39, 0.29) is 23.0 Å². The zero-order valence-electron chi connectivity index (χ0n) is 18.0. The van der Waals surface area contributed by atoms with Crippen LogP contribution in [-0.2, 0) is 9.53 Å². The Labute approximate surface area is 182 Å². The van der Waals surface area contributed by atoms with Gasteiger partial charge in [0, 0.05) is 6.42 Å². The molecule has 1 rings (SSSR count). The molecule has 1 N–H and O–H groups in total. The number of hydrogen-bond acceptors (Lipinski definition) is 3. The van der Waals surface area contributed by atoms with E-state index in [0.717, 1.165) is 24.9 Å². The second-order valence-electron chi connectivity index (χ2n) is 8.23. The van der Waals surface area contributed by atoms with E-state index in [9.17, 15) is 9.90 Å². The fourth-order valence-electron chi connectivity index (χ4n) is 3.21. The first-order valence-electron chi connectivity index (χ1n) is 10.7. The number of benzene rings is 1. The zero-order chi connectivity index (χ0) is 20.0. The van der Waals surface area contributed by atoms with E-state index in [0.29, 0.717) is 24.1 Å². The Balaban J connectivity index is 0.00000729. The molecule has 1 unspecified atom stereocenters. The fourth-order valence-corrected chi connectivity index (χ4v) is 3.21. The monoisotopic (exact) mass is 457 g/mol. The molecule has 1 aromatic carbocycles. The summed E-state index contributed by atoms with van der Waals surface area (Å²) >= 11 is 0. The van der Waals surface area contributed by atoms with Crippen LogP contribution < -0.4 is 17.0 Å². The van der Waals surface area contributed by atoms with Crippen LogP contribution in [-0.4, -0.2) is 49.4 Å². The first-order valence-corrected chi connectivity index (χ1v) is 10.7. The molecular weight excluding hydrogens is 418 g/mol. The molecule has 4 nitrogen and oxygen atoms in total. The van der Waals surface area contributed by atoms with Crippen LogP contribution in [0.3, 0.4) is 0 Å². The average molecular weight is 458 g/mol. The van der Waals surface area contributed by atoms with Crippen LogP contribution in [0.2, 0.25) is 0 Å². The number of aliphatic hydroxyl groups excluding tert-OH is 1. The highest BCUT2D eigenvalue weighted by Gasteiger charge is 2.22. The summed E-state index contributed by atoms with van der Waals surface area (Å²) in [4.78, 5) is 12.1. The van der Waals surface area contributed by atoms with Gasteiger partial charge in [-0.1, -0.05) is 82.2 Å². The van der Waals surface area contributed by atoms with Crippen LogP contribution >= 0.6 is 0 Å². The van der Waals surface area contributed by atoms with Crippen molar-refractivity contribution in [1.82, 2.24) is 0 Å². The van der Waals surface area contributed by atoms with Gasteiger partial charge in [-0.25, -0.2) is 4.79 Å². The molecule has 0 aliphatic heterocycles. The highest BCUT2D eigenvalue weighted by atomic mass is 79.9. The van der Waals surface area contributed by atoms with E-state index in [1.165, 1.54) is 38.5 Å². The van der Waals surface area contributed by atoms with Gasteiger partial charge < -0.3 is 31.3 Å². The Morgan fingerprint density at radius 3 is 2.18 bits per heavy atom. The molecule has 0 spiro atoms. The quantitative estimate of drug-likeness (QED) is 0.248. The third kappa shape index (κ3) is 13.3. The van der Waals surface area contributed by atoms with Crippen molar-refractivity contribution < 1.29 is 36.1 Å². The number of carbonyl (C=O) groups excluding carboxylic acids is 1. The van der Waals surface area contributed by atoms with Gasteiger partial charge in [0.1, 0.15) is 0 Å². The van der Waals surface area contributed by atoms with E-state index in [1.54, 1.807) is 0 Å². The Hall–Kier alpha value is -0.910. The van der Waals surface area contributed by atoms with Crippen molar-refractivity contribution in [3.05, 3.63) is 35.9 Å². The number of likely N-dealkylation sites (N-methyl/N-ethyl adjacent to an activating group) is 1. The highest BCUT2D eigenvalue weighted by molar-refractivity contribution is 5.70. The summed E-state index contributed by atoms with van der Waals surface area (Å²) < 4.78 is 5.93. The van der Waals surface area contributed by atoms with Gasteiger partial charge in [-0.15, -0.1) is 0 Å². The van der Waals surface area contributed by atoms with Gasteiger partial charge in [0.2, 0.25) is 0 Å². The van der Waals surface area contributed by atoms with E-state index in [1.807, 2.05) is 44.4 Å². The predicted molar refractivity (Wildman–Crippen MR) is 111 cm³/mol. The summed E-state index contributed by atoms with van der Waals surface area (Å²) in [7, 11) is 4.02. The maximum absolute atomic E-state index is 12.1. The van der Waals surface area contributed by atoms with Gasteiger partial charge in [-0.3, -0.25) is 0 Å². The first kappa shape index (κ1) is 27.1.